The fraction of sp³-hybridized carbons (Fsp3) is 0.333. The van der Waals surface area contributed by atoms with Crippen molar-refractivity contribution in [1.29, 1.82) is 0 Å². The third-order valence-corrected chi connectivity index (χ3v) is 6.93. The largest absolute Gasteiger partial charge is 0.360 e. The van der Waals surface area contributed by atoms with E-state index in [1.807, 2.05) is 17.5 Å². The van der Waals surface area contributed by atoms with Gasteiger partial charge in [0.1, 0.15) is 6.23 Å². The predicted molar refractivity (Wildman–Crippen MR) is 104 cm³/mol. The summed E-state index contributed by atoms with van der Waals surface area (Å²) in [5.41, 5.74) is 0. The summed E-state index contributed by atoms with van der Waals surface area (Å²) in [6, 6.07) is 11.8. The molecular weight excluding hydrogens is 402 g/mol. The van der Waals surface area contributed by atoms with E-state index in [9.17, 15) is 18.0 Å². The summed E-state index contributed by atoms with van der Waals surface area (Å²) < 4.78 is 32.5. The van der Waals surface area contributed by atoms with Gasteiger partial charge in [-0.25, -0.2) is 8.42 Å². The van der Waals surface area contributed by atoms with E-state index in [4.69, 9.17) is 4.74 Å². The lowest BCUT2D eigenvalue weighted by atomic mass is 10.3. The molecule has 1 fully saturated rings. The van der Waals surface area contributed by atoms with E-state index >= 15 is 0 Å². The van der Waals surface area contributed by atoms with Gasteiger partial charge in [-0.3, -0.25) is 9.59 Å². The molecule has 8 nitrogen and oxygen atoms in total. The molecule has 3 rings (SSSR count). The SMILES string of the molecule is O=C(NCc1cccs1)C(=O)NC[C@@H]1OCCCN1S(=O)(=O)c1ccccc1. The third kappa shape index (κ3) is 4.96. The summed E-state index contributed by atoms with van der Waals surface area (Å²) in [6.45, 7) is 0.809. The second-order valence-electron chi connectivity index (χ2n) is 6.08. The van der Waals surface area contributed by atoms with Crippen LogP contribution in [0, 0.1) is 0 Å². The molecule has 2 amide bonds. The molecule has 0 aliphatic carbocycles. The Morgan fingerprint density at radius 1 is 1.11 bits per heavy atom. The molecule has 0 spiro atoms. The van der Waals surface area contributed by atoms with Crippen molar-refractivity contribution in [3.05, 3.63) is 52.7 Å². The number of sulfonamides is 1. The lowest BCUT2D eigenvalue weighted by molar-refractivity contribution is -0.140. The van der Waals surface area contributed by atoms with Crippen LogP contribution in [0.1, 0.15) is 11.3 Å². The summed E-state index contributed by atoms with van der Waals surface area (Å²) in [5, 5.41) is 6.86. The highest BCUT2D eigenvalue weighted by Crippen LogP contribution is 2.21. The molecule has 0 unspecified atom stereocenters. The summed E-state index contributed by atoms with van der Waals surface area (Å²) in [6.07, 6.45) is -0.314. The Labute approximate surface area is 167 Å². The summed E-state index contributed by atoms with van der Waals surface area (Å²) in [7, 11) is -3.76. The monoisotopic (exact) mass is 423 g/mol. The second-order valence-corrected chi connectivity index (χ2v) is 9.00. The van der Waals surface area contributed by atoms with E-state index in [1.54, 1.807) is 18.2 Å². The van der Waals surface area contributed by atoms with Crippen LogP contribution in [0.5, 0.6) is 0 Å². The third-order valence-electron chi connectivity index (χ3n) is 4.15. The van der Waals surface area contributed by atoms with Gasteiger partial charge in [-0.05, 0) is 30.0 Å². The highest BCUT2D eigenvalue weighted by Gasteiger charge is 2.34. The summed E-state index contributed by atoms with van der Waals surface area (Å²) in [5.74, 6) is -1.61. The van der Waals surface area contributed by atoms with Crippen molar-refractivity contribution in [3.8, 4) is 0 Å². The zero-order valence-corrected chi connectivity index (χ0v) is 16.7. The predicted octanol–water partition coefficient (Wildman–Crippen LogP) is 0.918. The van der Waals surface area contributed by atoms with Crippen molar-refractivity contribution >= 4 is 33.2 Å². The first-order valence-electron chi connectivity index (χ1n) is 8.75. The number of carbonyl (C=O) groups is 2. The first-order valence-corrected chi connectivity index (χ1v) is 11.1. The molecule has 1 aromatic heterocycles. The van der Waals surface area contributed by atoms with E-state index in [2.05, 4.69) is 10.6 Å². The molecule has 1 saturated heterocycles. The molecule has 0 radical (unpaired) electrons. The van der Waals surface area contributed by atoms with Crippen molar-refractivity contribution < 1.29 is 22.7 Å². The molecule has 10 heteroatoms. The molecule has 150 valence electrons. The Kier molecular flexibility index (Phi) is 6.79. The molecule has 2 aromatic rings. The second kappa shape index (κ2) is 9.28. The topological polar surface area (TPSA) is 105 Å². The van der Waals surface area contributed by atoms with Crippen LogP contribution in [0.25, 0.3) is 0 Å². The zero-order chi connectivity index (χ0) is 20.0. The zero-order valence-electron chi connectivity index (χ0n) is 15.0. The maximum absolute atomic E-state index is 12.9. The van der Waals surface area contributed by atoms with Crippen LogP contribution in [0.15, 0.2) is 52.7 Å². The number of thiophene rings is 1. The molecule has 1 atom stereocenters. The van der Waals surface area contributed by atoms with Crippen LogP contribution in [0.3, 0.4) is 0 Å². The van der Waals surface area contributed by atoms with Crippen molar-refractivity contribution in [2.45, 2.75) is 24.1 Å². The van der Waals surface area contributed by atoms with Gasteiger partial charge in [-0.2, -0.15) is 4.31 Å². The number of hydrogen-bond acceptors (Lipinski definition) is 6. The van der Waals surface area contributed by atoms with Crippen LogP contribution in [-0.4, -0.2) is 50.5 Å². The van der Waals surface area contributed by atoms with Crippen molar-refractivity contribution in [2.24, 2.45) is 0 Å². The number of rotatable bonds is 6. The number of nitrogens with zero attached hydrogens (tertiary/aromatic N) is 1. The first-order chi connectivity index (χ1) is 13.5. The lowest BCUT2D eigenvalue weighted by Gasteiger charge is -2.34. The Hall–Kier alpha value is -2.27. The van der Waals surface area contributed by atoms with Crippen molar-refractivity contribution in [2.75, 3.05) is 19.7 Å². The Balaban J connectivity index is 1.58. The molecule has 1 aliphatic rings. The summed E-state index contributed by atoms with van der Waals surface area (Å²) >= 11 is 1.47. The van der Waals surface area contributed by atoms with Gasteiger partial charge in [0.05, 0.1) is 24.6 Å². The van der Waals surface area contributed by atoms with Crippen LogP contribution < -0.4 is 10.6 Å². The van der Waals surface area contributed by atoms with Gasteiger partial charge in [-0.15, -0.1) is 11.3 Å². The van der Waals surface area contributed by atoms with E-state index < -0.39 is 28.1 Å². The van der Waals surface area contributed by atoms with E-state index in [0.717, 1.165) is 4.88 Å². The molecular formula is C18H21N3O5S2. The van der Waals surface area contributed by atoms with Crippen LogP contribution >= 0.6 is 11.3 Å². The van der Waals surface area contributed by atoms with Gasteiger partial charge < -0.3 is 15.4 Å². The minimum absolute atomic E-state index is 0.114. The first kappa shape index (κ1) is 20.5. The number of benzene rings is 1. The Morgan fingerprint density at radius 2 is 1.86 bits per heavy atom. The van der Waals surface area contributed by atoms with Gasteiger partial charge >= 0.3 is 11.8 Å². The average molecular weight is 424 g/mol. The Bertz CT molecular complexity index is 901. The quantitative estimate of drug-likeness (QED) is 0.673. The molecule has 0 saturated carbocycles. The number of nitrogens with one attached hydrogen (secondary N) is 2. The van der Waals surface area contributed by atoms with E-state index in [-0.39, 0.29) is 24.5 Å². The number of hydrogen-bond donors (Lipinski definition) is 2. The van der Waals surface area contributed by atoms with E-state index in [0.29, 0.717) is 13.0 Å². The highest BCUT2D eigenvalue weighted by atomic mass is 32.2. The highest BCUT2D eigenvalue weighted by molar-refractivity contribution is 7.89. The Morgan fingerprint density at radius 3 is 2.57 bits per heavy atom. The maximum Gasteiger partial charge on any atom is 0.309 e. The van der Waals surface area contributed by atoms with Gasteiger partial charge in [0.2, 0.25) is 10.0 Å². The molecule has 0 bridgehead atoms. The fourth-order valence-corrected chi connectivity index (χ4v) is 4.98. The van der Waals surface area contributed by atoms with Crippen molar-refractivity contribution in [1.82, 2.24) is 14.9 Å². The minimum atomic E-state index is -3.76. The average Bonchev–Trinajstić information content (AvgIpc) is 3.24. The molecule has 28 heavy (non-hydrogen) atoms. The van der Waals surface area contributed by atoms with Crippen molar-refractivity contribution in [3.63, 3.8) is 0 Å². The van der Waals surface area contributed by atoms with Gasteiger partial charge in [0.15, 0.2) is 0 Å². The number of carbonyl (C=O) groups excluding carboxylic acids is 2. The molecule has 1 aliphatic heterocycles. The lowest BCUT2D eigenvalue weighted by Crippen LogP contribution is -2.53. The normalized spacial score (nSPS) is 17.8. The fourth-order valence-electron chi connectivity index (χ4n) is 2.75. The smallest absolute Gasteiger partial charge is 0.309 e. The minimum Gasteiger partial charge on any atom is -0.360 e. The van der Waals surface area contributed by atoms with Crippen LogP contribution in [0.2, 0.25) is 0 Å². The standard InChI is InChI=1S/C18H21N3O5S2/c22-17(19-12-14-6-4-11-27-14)18(23)20-13-16-21(9-5-10-26-16)28(24,25)15-7-2-1-3-8-15/h1-4,6-8,11,16H,5,9-10,12-13H2,(H,19,22)(H,20,23)/t16-/m0/s1. The van der Waals surface area contributed by atoms with Gasteiger partial charge in [-0.1, -0.05) is 24.3 Å². The summed E-state index contributed by atoms with van der Waals surface area (Å²) in [4.78, 5) is 25.0. The number of ether oxygens (including phenoxy) is 1. The number of amides is 2. The molecule has 2 heterocycles. The van der Waals surface area contributed by atoms with E-state index in [1.165, 1.54) is 27.8 Å². The maximum atomic E-state index is 12.9. The van der Waals surface area contributed by atoms with Gasteiger partial charge in [0, 0.05) is 11.4 Å². The molecule has 2 N–H and O–H groups in total. The van der Waals surface area contributed by atoms with Crippen LogP contribution in [0.4, 0.5) is 0 Å². The van der Waals surface area contributed by atoms with Gasteiger partial charge in [0.25, 0.3) is 0 Å². The molecule has 1 aromatic carbocycles. The van der Waals surface area contributed by atoms with Crippen LogP contribution in [-0.2, 0) is 30.9 Å².